The molecule has 0 aliphatic heterocycles. The number of carbonyl (C=O) groups excluding carboxylic acids is 1. The molecule has 0 heterocycles. The van der Waals surface area contributed by atoms with Gasteiger partial charge in [-0.2, -0.15) is 0 Å². The number of benzene rings is 2. The minimum atomic E-state index is -0.0249. The van der Waals surface area contributed by atoms with Crippen LogP contribution in [0.5, 0.6) is 5.75 Å². The molecule has 0 saturated carbocycles. The Labute approximate surface area is 168 Å². The van der Waals surface area contributed by atoms with E-state index < -0.39 is 0 Å². The summed E-state index contributed by atoms with van der Waals surface area (Å²) in [6.45, 7) is 9.31. The van der Waals surface area contributed by atoms with Crippen LogP contribution < -0.4 is 10.1 Å². The number of ether oxygens (including phenoxy) is 3. The van der Waals surface area contributed by atoms with Crippen LogP contribution in [0.1, 0.15) is 35.6 Å². The predicted octanol–water partition coefficient (Wildman–Crippen LogP) is 3.94. The van der Waals surface area contributed by atoms with Gasteiger partial charge in [0.1, 0.15) is 5.75 Å². The fourth-order valence-corrected chi connectivity index (χ4v) is 2.79. The second-order valence-electron chi connectivity index (χ2n) is 6.71. The Hall–Kier alpha value is -2.37. The number of nitrogens with one attached hydrogen (secondary N) is 1. The number of rotatable bonds is 12. The zero-order valence-electron chi connectivity index (χ0n) is 17.1. The molecule has 2 aromatic rings. The first-order valence-corrected chi connectivity index (χ1v) is 9.78. The Kier molecular flexibility index (Phi) is 9.52. The van der Waals surface area contributed by atoms with E-state index in [1.54, 1.807) is 0 Å². The highest BCUT2D eigenvalue weighted by Crippen LogP contribution is 2.18. The Balaban J connectivity index is 1.68. The lowest BCUT2D eigenvalue weighted by Crippen LogP contribution is -2.24. The molecule has 0 saturated heterocycles. The van der Waals surface area contributed by atoms with Gasteiger partial charge in [0.05, 0.1) is 32.8 Å². The summed E-state index contributed by atoms with van der Waals surface area (Å²) in [6, 6.07) is 14.1. The first-order chi connectivity index (χ1) is 13.6. The van der Waals surface area contributed by atoms with Crippen LogP contribution in [0.4, 0.5) is 0 Å². The van der Waals surface area contributed by atoms with Gasteiger partial charge in [-0.05, 0) is 43.5 Å². The maximum absolute atomic E-state index is 12.1. The highest BCUT2D eigenvalue weighted by Gasteiger charge is 2.05. The van der Waals surface area contributed by atoms with Crippen LogP contribution in [0.15, 0.2) is 42.5 Å². The van der Waals surface area contributed by atoms with Gasteiger partial charge in [0.2, 0.25) is 5.91 Å². The smallest absolute Gasteiger partial charge is 0.223 e. The van der Waals surface area contributed by atoms with Gasteiger partial charge in [-0.1, -0.05) is 42.0 Å². The van der Waals surface area contributed by atoms with E-state index in [0.29, 0.717) is 46.0 Å². The van der Waals surface area contributed by atoms with Crippen LogP contribution in [0.25, 0.3) is 0 Å². The molecule has 0 bridgehead atoms. The molecular formula is C23H31NO4. The largest absolute Gasteiger partial charge is 0.493 e. The molecule has 0 spiro atoms. The summed E-state index contributed by atoms with van der Waals surface area (Å²) >= 11 is 0. The van der Waals surface area contributed by atoms with Crippen LogP contribution in [-0.2, 0) is 27.4 Å². The maximum Gasteiger partial charge on any atom is 0.223 e. The van der Waals surface area contributed by atoms with Gasteiger partial charge in [-0.15, -0.1) is 0 Å². The number of hydrogen-bond acceptors (Lipinski definition) is 4. The molecule has 0 fully saturated rings. The molecule has 0 atom stereocenters. The molecule has 0 unspecified atom stereocenters. The Morgan fingerprint density at radius 2 is 1.75 bits per heavy atom. The fourth-order valence-electron chi connectivity index (χ4n) is 2.79. The monoisotopic (exact) mass is 385 g/mol. The molecular weight excluding hydrogens is 354 g/mol. The van der Waals surface area contributed by atoms with E-state index in [1.807, 2.05) is 57.2 Å². The minimum Gasteiger partial charge on any atom is -0.493 e. The molecule has 2 aromatic carbocycles. The van der Waals surface area contributed by atoms with Crippen molar-refractivity contribution < 1.29 is 19.0 Å². The zero-order chi connectivity index (χ0) is 20.2. The third-order valence-electron chi connectivity index (χ3n) is 4.24. The number of aryl methyl sites for hydroxylation is 2. The molecule has 0 aliphatic rings. The summed E-state index contributed by atoms with van der Waals surface area (Å²) < 4.78 is 16.6. The van der Waals surface area contributed by atoms with Gasteiger partial charge in [0, 0.05) is 13.2 Å². The lowest BCUT2D eigenvalue weighted by molar-refractivity contribution is -0.121. The SMILES string of the molecule is CCOCCOCc1cccc(CNC(=O)CCOc2ccc(C)cc2C)c1. The molecule has 28 heavy (non-hydrogen) atoms. The standard InChI is InChI=1S/C23H31NO4/c1-4-26-12-13-27-17-21-7-5-6-20(15-21)16-24-23(25)10-11-28-22-9-8-18(2)14-19(22)3/h5-9,14-15H,4,10-13,16-17H2,1-3H3,(H,24,25). The molecule has 1 amide bonds. The van der Waals surface area contributed by atoms with Crippen molar-refractivity contribution in [2.75, 3.05) is 26.4 Å². The number of carbonyl (C=O) groups is 1. The quantitative estimate of drug-likeness (QED) is 0.562. The van der Waals surface area contributed by atoms with Crippen molar-refractivity contribution in [2.45, 2.75) is 40.3 Å². The summed E-state index contributed by atoms with van der Waals surface area (Å²) in [6.07, 6.45) is 0.327. The van der Waals surface area contributed by atoms with Crippen LogP contribution in [0.3, 0.4) is 0 Å². The van der Waals surface area contributed by atoms with E-state index >= 15 is 0 Å². The molecule has 5 nitrogen and oxygen atoms in total. The number of hydrogen-bond donors (Lipinski definition) is 1. The van der Waals surface area contributed by atoms with Gasteiger partial charge in [-0.3, -0.25) is 4.79 Å². The molecule has 0 radical (unpaired) electrons. The summed E-state index contributed by atoms with van der Waals surface area (Å²) in [5.74, 6) is 0.804. The second kappa shape index (κ2) is 12.2. The van der Waals surface area contributed by atoms with E-state index in [9.17, 15) is 4.79 Å². The molecule has 152 valence electrons. The van der Waals surface area contributed by atoms with Crippen LogP contribution in [-0.4, -0.2) is 32.3 Å². The van der Waals surface area contributed by atoms with Crippen molar-refractivity contribution in [1.82, 2.24) is 5.32 Å². The summed E-state index contributed by atoms with van der Waals surface area (Å²) in [5.41, 5.74) is 4.42. The van der Waals surface area contributed by atoms with Gasteiger partial charge < -0.3 is 19.5 Å². The zero-order valence-corrected chi connectivity index (χ0v) is 17.1. The topological polar surface area (TPSA) is 56.8 Å². The van der Waals surface area contributed by atoms with Gasteiger partial charge >= 0.3 is 0 Å². The van der Waals surface area contributed by atoms with Gasteiger partial charge in [-0.25, -0.2) is 0 Å². The maximum atomic E-state index is 12.1. The molecule has 2 rings (SSSR count). The molecule has 0 aliphatic carbocycles. The molecule has 0 aromatic heterocycles. The summed E-state index contributed by atoms with van der Waals surface area (Å²) in [5, 5.41) is 2.94. The van der Waals surface area contributed by atoms with Crippen LogP contribution >= 0.6 is 0 Å². The summed E-state index contributed by atoms with van der Waals surface area (Å²) in [4.78, 5) is 12.1. The van der Waals surface area contributed by atoms with Gasteiger partial charge in [0.15, 0.2) is 0 Å². The molecule has 5 heteroatoms. The van der Waals surface area contributed by atoms with Gasteiger partial charge in [0.25, 0.3) is 0 Å². The normalized spacial score (nSPS) is 10.7. The van der Waals surface area contributed by atoms with E-state index in [4.69, 9.17) is 14.2 Å². The van der Waals surface area contributed by atoms with E-state index in [1.165, 1.54) is 5.56 Å². The lowest BCUT2D eigenvalue weighted by atomic mass is 10.1. The third kappa shape index (κ3) is 8.11. The van der Waals surface area contributed by atoms with Crippen molar-refractivity contribution in [3.8, 4) is 5.75 Å². The Morgan fingerprint density at radius 1 is 0.964 bits per heavy atom. The molecule has 1 N–H and O–H groups in total. The highest BCUT2D eigenvalue weighted by atomic mass is 16.5. The third-order valence-corrected chi connectivity index (χ3v) is 4.24. The first-order valence-electron chi connectivity index (χ1n) is 9.78. The Morgan fingerprint density at radius 3 is 2.54 bits per heavy atom. The van der Waals surface area contributed by atoms with Crippen molar-refractivity contribution in [3.63, 3.8) is 0 Å². The van der Waals surface area contributed by atoms with Crippen LogP contribution in [0.2, 0.25) is 0 Å². The predicted molar refractivity (Wildman–Crippen MR) is 110 cm³/mol. The first kappa shape index (κ1) is 21.9. The lowest BCUT2D eigenvalue weighted by Gasteiger charge is -2.11. The van der Waals surface area contributed by atoms with E-state index in [-0.39, 0.29) is 5.91 Å². The van der Waals surface area contributed by atoms with Crippen molar-refractivity contribution >= 4 is 5.91 Å². The van der Waals surface area contributed by atoms with Crippen molar-refractivity contribution in [1.29, 1.82) is 0 Å². The van der Waals surface area contributed by atoms with Crippen molar-refractivity contribution in [3.05, 3.63) is 64.7 Å². The van der Waals surface area contributed by atoms with Crippen LogP contribution in [0, 0.1) is 13.8 Å². The number of amides is 1. The summed E-state index contributed by atoms with van der Waals surface area (Å²) in [7, 11) is 0. The average molecular weight is 386 g/mol. The Bertz CT molecular complexity index is 745. The van der Waals surface area contributed by atoms with E-state index in [0.717, 1.165) is 22.4 Å². The second-order valence-corrected chi connectivity index (χ2v) is 6.71. The average Bonchev–Trinajstić information content (AvgIpc) is 2.68. The van der Waals surface area contributed by atoms with E-state index in [2.05, 4.69) is 11.4 Å². The fraction of sp³-hybridized carbons (Fsp3) is 0.435. The minimum absolute atomic E-state index is 0.0249. The van der Waals surface area contributed by atoms with Crippen molar-refractivity contribution in [2.24, 2.45) is 0 Å². The highest BCUT2D eigenvalue weighted by molar-refractivity contribution is 5.76.